The Hall–Kier alpha value is -2.36. The minimum absolute atomic E-state index is 0.00160. The molecule has 0 unspecified atom stereocenters. The van der Waals surface area contributed by atoms with Crippen LogP contribution in [0.2, 0.25) is 0 Å². The van der Waals surface area contributed by atoms with Crippen LogP contribution < -0.4 is 10.1 Å². The van der Waals surface area contributed by atoms with Crippen molar-refractivity contribution < 1.29 is 14.3 Å². The number of benzene rings is 2. The number of nitriles is 1. The van der Waals surface area contributed by atoms with Crippen molar-refractivity contribution in [1.82, 2.24) is 0 Å². The maximum atomic E-state index is 13.2. The molecule has 1 saturated heterocycles. The van der Waals surface area contributed by atoms with Crippen LogP contribution in [-0.4, -0.2) is 25.7 Å². The van der Waals surface area contributed by atoms with Crippen LogP contribution in [0, 0.1) is 11.3 Å². The van der Waals surface area contributed by atoms with E-state index >= 15 is 0 Å². The van der Waals surface area contributed by atoms with Gasteiger partial charge in [0.25, 0.3) is 0 Å². The third-order valence-corrected chi connectivity index (χ3v) is 5.12. The van der Waals surface area contributed by atoms with Gasteiger partial charge >= 0.3 is 0 Å². The van der Waals surface area contributed by atoms with E-state index in [0.717, 1.165) is 10.0 Å². The molecule has 1 heterocycles. The average molecular weight is 415 g/mol. The van der Waals surface area contributed by atoms with E-state index < -0.39 is 5.41 Å². The standard InChI is InChI=1S/C20H19BrN2O3/c21-16-3-1-15(2-4-16)20(9-12-25-13-10-20)19(24)23-17-5-7-18(8-6-17)26-14-11-22/h1-8H,9-10,12-14H2,(H,23,24). The van der Waals surface area contributed by atoms with Crippen LogP contribution in [0.4, 0.5) is 5.69 Å². The summed E-state index contributed by atoms with van der Waals surface area (Å²) in [6, 6.07) is 16.9. The Bertz CT molecular complexity index is 791. The molecule has 1 aliphatic heterocycles. The van der Waals surface area contributed by atoms with Gasteiger partial charge in [-0.25, -0.2) is 0 Å². The van der Waals surface area contributed by atoms with Crippen LogP contribution >= 0.6 is 15.9 Å². The van der Waals surface area contributed by atoms with E-state index in [1.54, 1.807) is 24.3 Å². The molecule has 0 bridgehead atoms. The van der Waals surface area contributed by atoms with E-state index in [9.17, 15) is 4.79 Å². The van der Waals surface area contributed by atoms with E-state index in [0.29, 0.717) is 37.5 Å². The number of nitrogens with zero attached hydrogens (tertiary/aromatic N) is 1. The molecule has 0 spiro atoms. The van der Waals surface area contributed by atoms with Crippen molar-refractivity contribution in [3.8, 4) is 11.8 Å². The zero-order valence-electron chi connectivity index (χ0n) is 14.2. The Labute approximate surface area is 161 Å². The second-order valence-corrected chi connectivity index (χ2v) is 7.04. The van der Waals surface area contributed by atoms with Crippen molar-refractivity contribution in [1.29, 1.82) is 5.26 Å². The number of carbonyl (C=O) groups excluding carboxylic acids is 1. The maximum Gasteiger partial charge on any atom is 0.235 e. The Morgan fingerprint density at radius 3 is 2.42 bits per heavy atom. The number of nitrogens with one attached hydrogen (secondary N) is 1. The Balaban J connectivity index is 1.80. The van der Waals surface area contributed by atoms with Crippen LogP contribution in [-0.2, 0) is 14.9 Å². The van der Waals surface area contributed by atoms with Crippen LogP contribution in [0.15, 0.2) is 53.0 Å². The molecule has 6 heteroatoms. The first kappa shape index (κ1) is 18.4. The topological polar surface area (TPSA) is 71.3 Å². The van der Waals surface area contributed by atoms with Crippen molar-refractivity contribution >= 4 is 27.5 Å². The molecule has 1 fully saturated rings. The summed E-state index contributed by atoms with van der Waals surface area (Å²) in [5.41, 5.74) is 1.09. The molecular weight excluding hydrogens is 396 g/mol. The largest absolute Gasteiger partial charge is 0.479 e. The predicted octanol–water partition coefficient (Wildman–Crippen LogP) is 4.04. The number of hydrogen-bond acceptors (Lipinski definition) is 4. The van der Waals surface area contributed by atoms with Gasteiger partial charge in [0.2, 0.25) is 5.91 Å². The third-order valence-electron chi connectivity index (χ3n) is 4.59. The minimum atomic E-state index is -0.602. The molecular formula is C20H19BrN2O3. The fourth-order valence-corrected chi connectivity index (χ4v) is 3.40. The molecule has 0 radical (unpaired) electrons. The highest BCUT2D eigenvalue weighted by atomic mass is 79.9. The number of hydrogen-bond donors (Lipinski definition) is 1. The fraction of sp³-hybridized carbons (Fsp3) is 0.300. The lowest BCUT2D eigenvalue weighted by molar-refractivity contribution is -0.125. The van der Waals surface area contributed by atoms with Gasteiger partial charge < -0.3 is 14.8 Å². The summed E-state index contributed by atoms with van der Waals surface area (Å²) in [5.74, 6) is 0.562. The van der Waals surface area contributed by atoms with Crippen molar-refractivity contribution in [2.24, 2.45) is 0 Å². The second-order valence-electron chi connectivity index (χ2n) is 6.13. The summed E-state index contributed by atoms with van der Waals surface area (Å²) in [4.78, 5) is 13.2. The lowest BCUT2D eigenvalue weighted by Gasteiger charge is -2.36. The van der Waals surface area contributed by atoms with Crippen LogP contribution in [0.5, 0.6) is 5.75 Å². The lowest BCUT2D eigenvalue weighted by atomic mass is 9.73. The summed E-state index contributed by atoms with van der Waals surface area (Å²) in [6.07, 6.45) is 1.29. The molecule has 2 aromatic rings. The van der Waals surface area contributed by atoms with Crippen molar-refractivity contribution in [2.45, 2.75) is 18.3 Å². The number of anilines is 1. The summed E-state index contributed by atoms with van der Waals surface area (Å²) in [5, 5.41) is 11.6. The highest BCUT2D eigenvalue weighted by Crippen LogP contribution is 2.36. The molecule has 1 N–H and O–H groups in total. The third kappa shape index (κ3) is 4.06. The minimum Gasteiger partial charge on any atom is -0.479 e. The van der Waals surface area contributed by atoms with Crippen molar-refractivity contribution in [3.05, 3.63) is 58.6 Å². The molecule has 5 nitrogen and oxygen atoms in total. The number of carbonyl (C=O) groups is 1. The number of rotatable bonds is 5. The Kier molecular flexibility index (Phi) is 5.92. The maximum absolute atomic E-state index is 13.2. The first-order valence-corrected chi connectivity index (χ1v) is 9.18. The molecule has 0 aromatic heterocycles. The van der Waals surface area contributed by atoms with E-state index in [1.807, 2.05) is 30.3 Å². The van der Waals surface area contributed by atoms with E-state index in [1.165, 1.54) is 0 Å². The van der Waals surface area contributed by atoms with Gasteiger partial charge in [0.15, 0.2) is 6.61 Å². The Morgan fingerprint density at radius 1 is 1.15 bits per heavy atom. The molecule has 26 heavy (non-hydrogen) atoms. The molecule has 1 aliphatic rings. The van der Waals surface area contributed by atoms with Crippen LogP contribution in [0.1, 0.15) is 18.4 Å². The van der Waals surface area contributed by atoms with Gasteiger partial charge in [-0.1, -0.05) is 28.1 Å². The van der Waals surface area contributed by atoms with Crippen LogP contribution in [0.25, 0.3) is 0 Å². The zero-order valence-corrected chi connectivity index (χ0v) is 15.8. The van der Waals surface area contributed by atoms with Crippen molar-refractivity contribution in [3.63, 3.8) is 0 Å². The van der Waals surface area contributed by atoms with Gasteiger partial charge in [-0.3, -0.25) is 4.79 Å². The summed E-state index contributed by atoms with van der Waals surface area (Å²) < 4.78 is 11.7. The lowest BCUT2D eigenvalue weighted by Crippen LogP contribution is -2.44. The SMILES string of the molecule is N#CCOc1ccc(NC(=O)C2(c3ccc(Br)cc3)CCOCC2)cc1. The van der Waals surface area contributed by atoms with Gasteiger partial charge in [-0.15, -0.1) is 0 Å². The molecule has 134 valence electrons. The summed E-state index contributed by atoms with van der Waals surface area (Å²) >= 11 is 3.45. The monoisotopic (exact) mass is 414 g/mol. The van der Waals surface area contributed by atoms with Gasteiger partial charge in [-0.05, 0) is 54.8 Å². The fourth-order valence-electron chi connectivity index (χ4n) is 3.14. The first-order chi connectivity index (χ1) is 12.6. The number of amides is 1. The molecule has 3 rings (SSSR count). The summed E-state index contributed by atoms with van der Waals surface area (Å²) in [7, 11) is 0. The smallest absolute Gasteiger partial charge is 0.235 e. The second kappa shape index (κ2) is 8.35. The highest BCUT2D eigenvalue weighted by molar-refractivity contribution is 9.10. The molecule has 2 aromatic carbocycles. The first-order valence-electron chi connectivity index (χ1n) is 8.39. The van der Waals surface area contributed by atoms with Gasteiger partial charge in [0.05, 0.1) is 5.41 Å². The van der Waals surface area contributed by atoms with E-state index in [-0.39, 0.29) is 12.5 Å². The number of halogens is 1. The number of ether oxygens (including phenoxy) is 2. The summed E-state index contributed by atoms with van der Waals surface area (Å²) in [6.45, 7) is 1.12. The normalized spacial score (nSPS) is 15.7. The van der Waals surface area contributed by atoms with E-state index in [2.05, 4.69) is 21.2 Å². The van der Waals surface area contributed by atoms with Gasteiger partial charge in [-0.2, -0.15) is 5.26 Å². The average Bonchev–Trinajstić information content (AvgIpc) is 2.68. The predicted molar refractivity (Wildman–Crippen MR) is 102 cm³/mol. The highest BCUT2D eigenvalue weighted by Gasteiger charge is 2.41. The van der Waals surface area contributed by atoms with Crippen LogP contribution in [0.3, 0.4) is 0 Å². The molecule has 0 saturated carbocycles. The van der Waals surface area contributed by atoms with Crippen molar-refractivity contribution in [2.75, 3.05) is 25.1 Å². The molecule has 0 atom stereocenters. The Morgan fingerprint density at radius 2 is 1.81 bits per heavy atom. The quantitative estimate of drug-likeness (QED) is 0.800. The zero-order chi connectivity index (χ0) is 18.4. The van der Waals surface area contributed by atoms with Gasteiger partial charge in [0.1, 0.15) is 11.8 Å². The molecule has 0 aliphatic carbocycles. The van der Waals surface area contributed by atoms with E-state index in [4.69, 9.17) is 14.7 Å². The van der Waals surface area contributed by atoms with Gasteiger partial charge in [0, 0.05) is 23.4 Å². The molecule has 1 amide bonds.